The first kappa shape index (κ1) is 24.8. The van der Waals surface area contributed by atoms with Gasteiger partial charge in [-0.05, 0) is 25.5 Å². The number of nitrogens with zero attached hydrogens (tertiary/aromatic N) is 2. The Hall–Kier alpha value is -2.24. The highest BCUT2D eigenvalue weighted by Crippen LogP contribution is 2.46. The van der Waals surface area contributed by atoms with Gasteiger partial charge in [0.05, 0.1) is 25.7 Å². The molecule has 0 radical (unpaired) electrons. The molecule has 1 unspecified atom stereocenters. The first-order valence-electron chi connectivity index (χ1n) is 9.36. The van der Waals surface area contributed by atoms with E-state index in [0.717, 1.165) is 6.54 Å². The molecule has 0 amide bonds. The van der Waals surface area contributed by atoms with Crippen LogP contribution in [0.25, 0.3) is 0 Å². The lowest BCUT2D eigenvalue weighted by Gasteiger charge is -2.32. The maximum atomic E-state index is 13.8. The van der Waals surface area contributed by atoms with E-state index in [4.69, 9.17) is 9.47 Å². The highest BCUT2D eigenvalue weighted by atomic mass is 19.4. The molecule has 162 valence electrons. The third-order valence-corrected chi connectivity index (χ3v) is 4.41. The lowest BCUT2D eigenvalue weighted by molar-refractivity contribution is -0.272. The number of aliphatic hydroxyl groups is 1. The maximum absolute atomic E-state index is 13.8. The molecule has 29 heavy (non-hydrogen) atoms. The van der Waals surface area contributed by atoms with Crippen molar-refractivity contribution in [3.63, 3.8) is 0 Å². The van der Waals surface area contributed by atoms with E-state index >= 15 is 0 Å². The van der Waals surface area contributed by atoms with Crippen molar-refractivity contribution in [1.29, 1.82) is 0 Å². The van der Waals surface area contributed by atoms with Crippen LogP contribution in [0, 0.1) is 18.8 Å². The lowest BCUT2D eigenvalue weighted by atomic mass is 9.87. The van der Waals surface area contributed by atoms with Gasteiger partial charge < -0.3 is 19.5 Å². The third kappa shape index (κ3) is 6.65. The molecule has 0 saturated heterocycles. The molecule has 1 N–H and O–H groups in total. The summed E-state index contributed by atoms with van der Waals surface area (Å²) in [4.78, 5) is 6.12. The van der Waals surface area contributed by atoms with E-state index < -0.39 is 18.2 Å². The molecule has 1 atom stereocenters. The van der Waals surface area contributed by atoms with Gasteiger partial charge in [-0.25, -0.2) is 4.99 Å². The van der Waals surface area contributed by atoms with Crippen molar-refractivity contribution in [3.8, 4) is 17.6 Å². The standard InChI is InChI=1S/C21H29F3N2O3/c1-6-8-9-11-29-12-10-20(27,21(22,23)24)17-13-16(3)18(14-19(17)28-5)25-15-26(4)7-2/h13-15,27H,6-7,10-12H2,1-5H3/b25-15+. The van der Waals surface area contributed by atoms with Crippen LogP contribution in [0.1, 0.15) is 37.8 Å². The fraction of sp³-hybridized carbons (Fsp3) is 0.571. The van der Waals surface area contributed by atoms with Crippen molar-refractivity contribution in [3.05, 3.63) is 23.3 Å². The van der Waals surface area contributed by atoms with Crippen molar-refractivity contribution in [2.45, 2.75) is 45.4 Å². The molecule has 0 aliphatic carbocycles. The van der Waals surface area contributed by atoms with Gasteiger partial charge in [-0.3, -0.25) is 0 Å². The molecule has 0 aliphatic heterocycles. The van der Waals surface area contributed by atoms with Gasteiger partial charge in [-0.2, -0.15) is 13.2 Å². The molecule has 0 bridgehead atoms. The number of halogens is 3. The number of hydrogen-bond acceptors (Lipinski definition) is 4. The van der Waals surface area contributed by atoms with E-state index in [-0.39, 0.29) is 24.5 Å². The number of aliphatic imine (C=N–C) groups is 1. The van der Waals surface area contributed by atoms with Gasteiger partial charge in [-0.1, -0.05) is 12.8 Å². The minimum atomic E-state index is -4.92. The second kappa shape index (κ2) is 11.1. The van der Waals surface area contributed by atoms with Crippen molar-refractivity contribution >= 4 is 12.0 Å². The van der Waals surface area contributed by atoms with Crippen LogP contribution >= 0.6 is 0 Å². The Balaban J connectivity index is 3.24. The topological polar surface area (TPSA) is 54.3 Å². The average molecular weight is 414 g/mol. The zero-order valence-corrected chi connectivity index (χ0v) is 17.6. The SMILES string of the molecule is CCC#CCOCCC(O)(c1cc(C)c(/N=C/N(C)CC)cc1OC)C(F)(F)F. The summed E-state index contributed by atoms with van der Waals surface area (Å²) in [7, 11) is 3.09. The van der Waals surface area contributed by atoms with Gasteiger partial charge in [0.2, 0.25) is 0 Å². The van der Waals surface area contributed by atoms with Crippen LogP contribution in [0.4, 0.5) is 18.9 Å². The normalized spacial score (nSPS) is 13.7. The minimum absolute atomic E-state index is 0.0105. The summed E-state index contributed by atoms with van der Waals surface area (Å²) in [5, 5.41) is 10.6. The van der Waals surface area contributed by atoms with Crippen molar-refractivity contribution in [2.24, 2.45) is 4.99 Å². The highest BCUT2D eigenvalue weighted by Gasteiger charge is 2.56. The summed E-state index contributed by atoms with van der Waals surface area (Å²) in [6.07, 6.45) is -3.38. The van der Waals surface area contributed by atoms with Gasteiger partial charge >= 0.3 is 6.18 Å². The second-order valence-electron chi connectivity index (χ2n) is 6.52. The molecule has 0 aliphatic rings. The van der Waals surface area contributed by atoms with E-state index in [1.807, 2.05) is 25.8 Å². The Morgan fingerprint density at radius 3 is 2.48 bits per heavy atom. The number of ether oxygens (including phenoxy) is 2. The quantitative estimate of drug-likeness (QED) is 0.285. The highest BCUT2D eigenvalue weighted by molar-refractivity contribution is 5.65. The molecular weight excluding hydrogens is 385 g/mol. The molecule has 0 aromatic heterocycles. The molecule has 0 fully saturated rings. The summed E-state index contributed by atoms with van der Waals surface area (Å²) in [5.74, 6) is 5.36. The number of alkyl halides is 3. The number of hydrogen-bond donors (Lipinski definition) is 1. The predicted octanol–water partition coefficient (Wildman–Crippen LogP) is 4.19. The van der Waals surface area contributed by atoms with E-state index in [9.17, 15) is 18.3 Å². The Morgan fingerprint density at radius 2 is 1.93 bits per heavy atom. The molecule has 0 spiro atoms. The number of benzene rings is 1. The zero-order valence-electron chi connectivity index (χ0n) is 17.6. The van der Waals surface area contributed by atoms with Crippen LogP contribution in [0.3, 0.4) is 0 Å². The molecule has 0 saturated carbocycles. The van der Waals surface area contributed by atoms with Crippen LogP contribution in [0.15, 0.2) is 17.1 Å². The van der Waals surface area contributed by atoms with Crippen LogP contribution in [0.5, 0.6) is 5.75 Å². The monoisotopic (exact) mass is 414 g/mol. The molecule has 8 heteroatoms. The van der Waals surface area contributed by atoms with E-state index in [0.29, 0.717) is 17.7 Å². The third-order valence-electron chi connectivity index (χ3n) is 4.41. The summed E-state index contributed by atoms with van der Waals surface area (Å²) in [5.41, 5.74) is -2.54. The van der Waals surface area contributed by atoms with Gasteiger partial charge in [0.15, 0.2) is 5.60 Å². The zero-order chi connectivity index (χ0) is 22.1. The Labute approximate surface area is 170 Å². The molecule has 1 aromatic rings. The van der Waals surface area contributed by atoms with Crippen molar-refractivity contribution < 1.29 is 27.8 Å². The van der Waals surface area contributed by atoms with Gasteiger partial charge in [0.25, 0.3) is 0 Å². The summed E-state index contributed by atoms with van der Waals surface area (Å²) < 4.78 is 51.8. The van der Waals surface area contributed by atoms with Crippen LogP contribution < -0.4 is 4.74 Å². The summed E-state index contributed by atoms with van der Waals surface area (Å²) >= 11 is 0. The van der Waals surface area contributed by atoms with Gasteiger partial charge in [0.1, 0.15) is 12.4 Å². The molecule has 1 rings (SSSR count). The van der Waals surface area contributed by atoms with Crippen LogP contribution in [-0.4, -0.2) is 56.4 Å². The van der Waals surface area contributed by atoms with Crippen LogP contribution in [-0.2, 0) is 10.3 Å². The summed E-state index contributed by atoms with van der Waals surface area (Å²) in [6.45, 7) is 5.87. The fourth-order valence-electron chi connectivity index (χ4n) is 2.50. The maximum Gasteiger partial charge on any atom is 0.421 e. The van der Waals surface area contributed by atoms with Crippen LogP contribution in [0.2, 0.25) is 0 Å². The second-order valence-corrected chi connectivity index (χ2v) is 6.52. The van der Waals surface area contributed by atoms with E-state index in [1.165, 1.54) is 19.2 Å². The number of aryl methyl sites for hydroxylation is 1. The average Bonchev–Trinajstić information content (AvgIpc) is 2.68. The lowest BCUT2D eigenvalue weighted by Crippen LogP contribution is -2.43. The number of methoxy groups -OCH3 is 1. The largest absolute Gasteiger partial charge is 0.496 e. The smallest absolute Gasteiger partial charge is 0.421 e. The molecular formula is C21H29F3N2O3. The first-order valence-corrected chi connectivity index (χ1v) is 9.36. The Bertz CT molecular complexity index is 754. The molecule has 5 nitrogen and oxygen atoms in total. The molecule has 1 aromatic carbocycles. The van der Waals surface area contributed by atoms with E-state index in [2.05, 4.69) is 16.8 Å². The van der Waals surface area contributed by atoms with Crippen molar-refractivity contribution in [2.75, 3.05) is 33.9 Å². The van der Waals surface area contributed by atoms with Crippen molar-refractivity contribution in [1.82, 2.24) is 4.90 Å². The number of rotatable bonds is 9. The van der Waals surface area contributed by atoms with Gasteiger partial charge in [-0.15, -0.1) is 5.92 Å². The Morgan fingerprint density at radius 1 is 1.24 bits per heavy atom. The first-order chi connectivity index (χ1) is 13.6. The van der Waals surface area contributed by atoms with E-state index in [1.54, 1.807) is 13.3 Å². The minimum Gasteiger partial charge on any atom is -0.496 e. The fourth-order valence-corrected chi connectivity index (χ4v) is 2.50. The predicted molar refractivity (Wildman–Crippen MR) is 108 cm³/mol. The Kier molecular flexibility index (Phi) is 9.47. The summed E-state index contributed by atoms with van der Waals surface area (Å²) in [6, 6.07) is 2.66. The molecule has 0 heterocycles. The van der Waals surface area contributed by atoms with Gasteiger partial charge in [0, 0.05) is 38.1 Å².